The molecule has 22 heavy (non-hydrogen) atoms. The molecule has 1 aromatic rings. The smallest absolute Gasteiger partial charge is 0.315 e. The van der Waals surface area contributed by atoms with E-state index in [-0.39, 0.29) is 18.6 Å². The summed E-state index contributed by atoms with van der Waals surface area (Å²) >= 11 is 1.54. The number of likely N-dealkylation sites (N-methyl/N-ethyl adjacent to an activating group) is 1. The van der Waals surface area contributed by atoms with Crippen molar-refractivity contribution in [2.45, 2.75) is 19.1 Å². The quantitative estimate of drug-likeness (QED) is 0.720. The molecule has 2 amide bonds. The van der Waals surface area contributed by atoms with Gasteiger partial charge >= 0.3 is 6.03 Å². The van der Waals surface area contributed by atoms with Crippen LogP contribution in [-0.2, 0) is 0 Å². The molecule has 1 aliphatic rings. The Labute approximate surface area is 136 Å². The molecule has 2 heterocycles. The lowest BCUT2D eigenvalue weighted by atomic mass is 10.2. The van der Waals surface area contributed by atoms with E-state index in [4.69, 9.17) is 0 Å². The van der Waals surface area contributed by atoms with Crippen molar-refractivity contribution in [3.05, 3.63) is 22.4 Å². The largest absolute Gasteiger partial charge is 0.387 e. The van der Waals surface area contributed by atoms with Gasteiger partial charge in [-0.2, -0.15) is 11.3 Å². The van der Waals surface area contributed by atoms with Crippen molar-refractivity contribution in [1.29, 1.82) is 0 Å². The first-order valence-electron chi connectivity index (χ1n) is 7.70. The molecule has 2 atom stereocenters. The molecule has 1 aromatic heterocycles. The highest BCUT2D eigenvalue weighted by Crippen LogP contribution is 2.14. The molecule has 2 unspecified atom stereocenters. The van der Waals surface area contributed by atoms with Gasteiger partial charge in [0, 0.05) is 45.3 Å². The summed E-state index contributed by atoms with van der Waals surface area (Å²) in [5.41, 5.74) is 0.843. The molecule has 1 fully saturated rings. The third-order valence-corrected chi connectivity index (χ3v) is 4.59. The van der Waals surface area contributed by atoms with Crippen molar-refractivity contribution >= 4 is 17.4 Å². The fourth-order valence-electron chi connectivity index (χ4n) is 2.51. The van der Waals surface area contributed by atoms with Crippen LogP contribution in [0, 0.1) is 0 Å². The topological polar surface area (TPSA) is 67.8 Å². The molecule has 0 radical (unpaired) electrons. The van der Waals surface area contributed by atoms with Crippen molar-refractivity contribution in [2.75, 3.05) is 46.3 Å². The lowest BCUT2D eigenvalue weighted by Gasteiger charge is -2.34. The monoisotopic (exact) mass is 326 g/mol. The summed E-state index contributed by atoms with van der Waals surface area (Å²) in [6.07, 6.45) is -0.648. The molecule has 0 aromatic carbocycles. The van der Waals surface area contributed by atoms with E-state index in [1.807, 2.05) is 23.8 Å². The Morgan fingerprint density at radius 3 is 2.77 bits per heavy atom. The van der Waals surface area contributed by atoms with Crippen molar-refractivity contribution in [3.63, 3.8) is 0 Å². The van der Waals surface area contributed by atoms with Gasteiger partial charge in [0.25, 0.3) is 0 Å². The van der Waals surface area contributed by atoms with E-state index in [0.29, 0.717) is 0 Å². The van der Waals surface area contributed by atoms with Gasteiger partial charge in [-0.05, 0) is 36.4 Å². The van der Waals surface area contributed by atoms with E-state index >= 15 is 0 Å². The Morgan fingerprint density at radius 2 is 2.14 bits per heavy atom. The molecule has 7 heteroatoms. The van der Waals surface area contributed by atoms with Gasteiger partial charge in [0.05, 0.1) is 6.10 Å². The minimum Gasteiger partial charge on any atom is -0.387 e. The summed E-state index contributed by atoms with van der Waals surface area (Å²) < 4.78 is 0. The lowest BCUT2D eigenvalue weighted by molar-refractivity contribution is 0.143. The van der Waals surface area contributed by atoms with Gasteiger partial charge in [0.15, 0.2) is 0 Å². The SMILES string of the molecule is CC(CN1CCN(C)CC1)NC(=O)NCC(O)c1ccsc1. The number of hydrogen-bond acceptors (Lipinski definition) is 5. The highest BCUT2D eigenvalue weighted by atomic mass is 32.1. The zero-order valence-corrected chi connectivity index (χ0v) is 14.1. The predicted octanol–water partition coefficient (Wildman–Crippen LogP) is 0.717. The Hall–Kier alpha value is -1.15. The summed E-state index contributed by atoms with van der Waals surface area (Å²) in [7, 11) is 2.13. The number of hydrogen-bond donors (Lipinski definition) is 3. The molecule has 0 spiro atoms. The van der Waals surface area contributed by atoms with Crippen LogP contribution >= 0.6 is 11.3 Å². The first-order chi connectivity index (χ1) is 10.5. The normalized spacial score (nSPS) is 19.6. The van der Waals surface area contributed by atoms with E-state index in [2.05, 4.69) is 27.5 Å². The van der Waals surface area contributed by atoms with Gasteiger partial charge in [-0.15, -0.1) is 0 Å². The molecule has 1 saturated heterocycles. The molecular formula is C15H26N4O2S. The van der Waals surface area contributed by atoms with Gasteiger partial charge in [-0.1, -0.05) is 0 Å². The number of amides is 2. The van der Waals surface area contributed by atoms with Gasteiger partial charge in [0.1, 0.15) is 0 Å². The predicted molar refractivity (Wildman–Crippen MR) is 89.2 cm³/mol. The van der Waals surface area contributed by atoms with Crippen LogP contribution in [0.5, 0.6) is 0 Å². The third kappa shape index (κ3) is 5.57. The second kappa shape index (κ2) is 8.47. The van der Waals surface area contributed by atoms with E-state index in [1.54, 1.807) is 0 Å². The zero-order valence-electron chi connectivity index (χ0n) is 13.3. The molecule has 1 aliphatic heterocycles. The second-order valence-electron chi connectivity index (χ2n) is 5.93. The highest BCUT2D eigenvalue weighted by molar-refractivity contribution is 7.07. The Bertz CT molecular complexity index is 446. The van der Waals surface area contributed by atoms with Crippen molar-refractivity contribution < 1.29 is 9.90 Å². The fourth-order valence-corrected chi connectivity index (χ4v) is 3.22. The minimum atomic E-state index is -0.648. The number of carbonyl (C=O) groups is 1. The molecule has 6 nitrogen and oxygen atoms in total. The van der Waals surface area contributed by atoms with E-state index in [1.165, 1.54) is 11.3 Å². The fraction of sp³-hybridized carbons (Fsp3) is 0.667. The standard InChI is InChI=1S/C15H26N4O2S/c1-12(10-19-6-4-18(2)5-7-19)17-15(21)16-9-14(20)13-3-8-22-11-13/h3,8,11-12,14,20H,4-7,9-10H2,1-2H3,(H2,16,17,21). The molecule has 0 aliphatic carbocycles. The van der Waals surface area contributed by atoms with Crippen LogP contribution in [0.3, 0.4) is 0 Å². The Morgan fingerprint density at radius 1 is 1.41 bits per heavy atom. The van der Waals surface area contributed by atoms with Gasteiger partial charge in [0.2, 0.25) is 0 Å². The second-order valence-corrected chi connectivity index (χ2v) is 6.71. The van der Waals surface area contributed by atoms with Crippen LogP contribution in [0.25, 0.3) is 0 Å². The molecule has 0 saturated carbocycles. The molecule has 0 bridgehead atoms. The summed E-state index contributed by atoms with van der Waals surface area (Å²) in [6, 6.07) is 1.72. The highest BCUT2D eigenvalue weighted by Gasteiger charge is 2.17. The van der Waals surface area contributed by atoms with Crippen LogP contribution in [0.15, 0.2) is 16.8 Å². The van der Waals surface area contributed by atoms with Crippen molar-refractivity contribution in [2.24, 2.45) is 0 Å². The van der Waals surface area contributed by atoms with Crippen LogP contribution < -0.4 is 10.6 Å². The maximum atomic E-state index is 11.9. The number of nitrogens with zero attached hydrogens (tertiary/aromatic N) is 2. The number of piperazine rings is 1. The van der Waals surface area contributed by atoms with Crippen molar-refractivity contribution in [1.82, 2.24) is 20.4 Å². The molecule has 124 valence electrons. The van der Waals surface area contributed by atoms with Crippen LogP contribution in [-0.4, -0.2) is 73.3 Å². The maximum absolute atomic E-state index is 11.9. The zero-order chi connectivity index (χ0) is 15.9. The van der Waals surface area contributed by atoms with Gasteiger partial charge in [-0.3, -0.25) is 4.90 Å². The first-order valence-corrected chi connectivity index (χ1v) is 8.64. The Balaban J connectivity index is 1.63. The lowest BCUT2D eigenvalue weighted by Crippen LogP contribution is -2.51. The first kappa shape index (κ1) is 17.2. The number of rotatable bonds is 6. The number of nitrogens with one attached hydrogen (secondary N) is 2. The van der Waals surface area contributed by atoms with E-state index in [9.17, 15) is 9.90 Å². The minimum absolute atomic E-state index is 0.0849. The number of urea groups is 1. The van der Waals surface area contributed by atoms with Gasteiger partial charge < -0.3 is 20.6 Å². The van der Waals surface area contributed by atoms with E-state index in [0.717, 1.165) is 38.3 Å². The molecule has 3 N–H and O–H groups in total. The molecular weight excluding hydrogens is 300 g/mol. The number of aliphatic hydroxyl groups is 1. The Kier molecular flexibility index (Phi) is 6.63. The average Bonchev–Trinajstić information content (AvgIpc) is 3.01. The molecule has 2 rings (SSSR count). The summed E-state index contributed by atoms with van der Waals surface area (Å²) in [6.45, 7) is 7.32. The van der Waals surface area contributed by atoms with Crippen molar-refractivity contribution in [3.8, 4) is 0 Å². The summed E-state index contributed by atoms with van der Waals surface area (Å²) in [5, 5.41) is 19.4. The van der Waals surface area contributed by atoms with Crippen LogP contribution in [0.2, 0.25) is 0 Å². The van der Waals surface area contributed by atoms with Crippen LogP contribution in [0.4, 0.5) is 4.79 Å². The van der Waals surface area contributed by atoms with E-state index < -0.39 is 6.10 Å². The number of carbonyl (C=O) groups excluding carboxylic acids is 1. The van der Waals surface area contributed by atoms with Gasteiger partial charge in [-0.25, -0.2) is 4.79 Å². The van der Waals surface area contributed by atoms with Crippen LogP contribution in [0.1, 0.15) is 18.6 Å². The number of aliphatic hydroxyl groups excluding tert-OH is 1. The maximum Gasteiger partial charge on any atom is 0.315 e. The summed E-state index contributed by atoms with van der Waals surface area (Å²) in [5.74, 6) is 0. The third-order valence-electron chi connectivity index (χ3n) is 3.89. The number of thiophene rings is 1. The average molecular weight is 326 g/mol. The summed E-state index contributed by atoms with van der Waals surface area (Å²) in [4.78, 5) is 16.5.